The maximum atomic E-state index is 4.60. The summed E-state index contributed by atoms with van der Waals surface area (Å²) in [6.07, 6.45) is 6.63. The second kappa shape index (κ2) is 5.37. The lowest BCUT2D eigenvalue weighted by atomic mass is 9.82. The van der Waals surface area contributed by atoms with Gasteiger partial charge < -0.3 is 10.2 Å². The minimum absolute atomic E-state index is 0.420. The Balaban J connectivity index is 1.64. The fourth-order valence-corrected chi connectivity index (χ4v) is 4.22. The predicted octanol–water partition coefficient (Wildman–Crippen LogP) is 3.09. The average molecular weight is 280 g/mol. The first-order valence-electron chi connectivity index (χ1n) is 7.45. The minimum Gasteiger partial charge on any atom is -0.357 e. The average Bonchev–Trinajstić information content (AvgIpc) is 2.79. The molecule has 0 amide bonds. The van der Waals surface area contributed by atoms with Crippen LogP contribution in [0.4, 0.5) is 5.13 Å². The minimum atomic E-state index is 0.420. The molecule has 2 unspecified atom stereocenters. The predicted molar refractivity (Wildman–Crippen MR) is 79.8 cm³/mol. The Morgan fingerprint density at radius 3 is 2.53 bits per heavy atom. The molecule has 2 aliphatic heterocycles. The van der Waals surface area contributed by atoms with Crippen molar-refractivity contribution in [2.45, 2.75) is 70.0 Å². The van der Waals surface area contributed by atoms with Crippen molar-refractivity contribution in [3.05, 3.63) is 5.82 Å². The van der Waals surface area contributed by atoms with Crippen LogP contribution in [0.15, 0.2) is 0 Å². The summed E-state index contributed by atoms with van der Waals surface area (Å²) >= 11 is 1.51. The molecule has 0 saturated carbocycles. The quantitative estimate of drug-likeness (QED) is 0.924. The molecule has 1 aromatic heterocycles. The molecule has 1 aromatic rings. The van der Waals surface area contributed by atoms with Gasteiger partial charge in [0.05, 0.1) is 0 Å². The molecule has 3 heterocycles. The monoisotopic (exact) mass is 280 g/mol. The highest BCUT2D eigenvalue weighted by molar-refractivity contribution is 7.09. The van der Waals surface area contributed by atoms with Crippen LogP contribution in [-0.2, 0) is 0 Å². The van der Waals surface area contributed by atoms with E-state index in [2.05, 4.69) is 40.5 Å². The molecule has 2 fully saturated rings. The summed E-state index contributed by atoms with van der Waals surface area (Å²) in [4.78, 5) is 7.20. The van der Waals surface area contributed by atoms with Crippen molar-refractivity contribution in [1.29, 1.82) is 0 Å². The maximum Gasteiger partial charge on any atom is 0.202 e. The zero-order valence-corrected chi connectivity index (χ0v) is 12.9. The van der Waals surface area contributed by atoms with Crippen LogP contribution in [-0.4, -0.2) is 39.4 Å². The van der Waals surface area contributed by atoms with Crippen LogP contribution >= 0.6 is 11.5 Å². The van der Waals surface area contributed by atoms with Crippen molar-refractivity contribution >= 4 is 16.7 Å². The first-order valence-corrected chi connectivity index (χ1v) is 8.23. The Hall–Kier alpha value is -0.680. The topological polar surface area (TPSA) is 41.1 Å². The SMILES string of the molecule is CC(C)c1nsc(NC2CC3CCCC(C2)N3C)n1. The van der Waals surface area contributed by atoms with Crippen LogP contribution in [0.2, 0.25) is 0 Å². The van der Waals surface area contributed by atoms with Gasteiger partial charge in [0.15, 0.2) is 0 Å². The number of piperidine rings is 2. The number of nitrogens with one attached hydrogen (secondary N) is 1. The molecule has 0 spiro atoms. The molecule has 2 atom stereocenters. The van der Waals surface area contributed by atoms with Gasteiger partial charge >= 0.3 is 0 Å². The summed E-state index contributed by atoms with van der Waals surface area (Å²) in [5, 5.41) is 4.63. The van der Waals surface area contributed by atoms with Crippen LogP contribution in [0, 0.1) is 0 Å². The van der Waals surface area contributed by atoms with E-state index < -0.39 is 0 Å². The van der Waals surface area contributed by atoms with Crippen molar-refractivity contribution < 1.29 is 0 Å². The molecule has 0 aliphatic carbocycles. The molecule has 2 saturated heterocycles. The van der Waals surface area contributed by atoms with E-state index in [0.29, 0.717) is 12.0 Å². The number of hydrogen-bond acceptors (Lipinski definition) is 5. The van der Waals surface area contributed by atoms with E-state index in [-0.39, 0.29) is 0 Å². The molecule has 0 aromatic carbocycles. The molecule has 4 nitrogen and oxygen atoms in total. The van der Waals surface area contributed by atoms with E-state index in [4.69, 9.17) is 0 Å². The summed E-state index contributed by atoms with van der Waals surface area (Å²) < 4.78 is 4.43. The summed E-state index contributed by atoms with van der Waals surface area (Å²) in [6, 6.07) is 2.12. The number of fused-ring (bicyclic) bond motifs is 2. The van der Waals surface area contributed by atoms with E-state index in [0.717, 1.165) is 23.0 Å². The van der Waals surface area contributed by atoms with Gasteiger partial charge in [0.1, 0.15) is 5.82 Å². The molecule has 3 rings (SSSR count). The van der Waals surface area contributed by atoms with Crippen molar-refractivity contribution in [3.8, 4) is 0 Å². The van der Waals surface area contributed by atoms with Gasteiger partial charge in [0.2, 0.25) is 5.13 Å². The molecule has 19 heavy (non-hydrogen) atoms. The molecule has 2 bridgehead atoms. The Kier molecular flexibility index (Phi) is 3.76. The van der Waals surface area contributed by atoms with Gasteiger partial charge in [-0.1, -0.05) is 20.3 Å². The number of anilines is 1. The van der Waals surface area contributed by atoms with Crippen LogP contribution in [0.3, 0.4) is 0 Å². The largest absolute Gasteiger partial charge is 0.357 e. The van der Waals surface area contributed by atoms with Crippen molar-refractivity contribution in [1.82, 2.24) is 14.3 Å². The summed E-state index contributed by atoms with van der Waals surface area (Å²) in [6.45, 7) is 4.29. The highest BCUT2D eigenvalue weighted by Crippen LogP contribution is 2.34. The molecule has 2 aliphatic rings. The summed E-state index contributed by atoms with van der Waals surface area (Å²) in [7, 11) is 2.30. The standard InChI is InChI=1S/C14H24N4S/c1-9(2)13-16-14(19-17-13)15-10-7-11-5-4-6-12(8-10)18(11)3/h9-12H,4-8H2,1-3H3,(H,15,16,17). The zero-order valence-electron chi connectivity index (χ0n) is 12.1. The van der Waals surface area contributed by atoms with Crippen LogP contribution in [0.1, 0.15) is 57.7 Å². The Labute approximate surface area is 119 Å². The van der Waals surface area contributed by atoms with Crippen molar-refractivity contribution in [2.24, 2.45) is 0 Å². The first-order chi connectivity index (χ1) is 9.13. The van der Waals surface area contributed by atoms with E-state index in [1.807, 2.05) is 0 Å². The molecular formula is C14H24N4S. The van der Waals surface area contributed by atoms with Gasteiger partial charge in [-0.2, -0.15) is 4.37 Å². The van der Waals surface area contributed by atoms with E-state index >= 15 is 0 Å². The van der Waals surface area contributed by atoms with Gasteiger partial charge in [-0.15, -0.1) is 0 Å². The lowest BCUT2D eigenvalue weighted by Gasteiger charge is -2.47. The van der Waals surface area contributed by atoms with Gasteiger partial charge in [0.25, 0.3) is 0 Å². The molecule has 1 N–H and O–H groups in total. The number of rotatable bonds is 3. The number of nitrogens with zero attached hydrogens (tertiary/aromatic N) is 3. The highest BCUT2D eigenvalue weighted by Gasteiger charge is 2.36. The molecule has 106 valence electrons. The lowest BCUT2D eigenvalue weighted by molar-refractivity contribution is 0.0608. The van der Waals surface area contributed by atoms with Gasteiger partial charge in [-0.25, -0.2) is 4.98 Å². The van der Waals surface area contributed by atoms with Crippen LogP contribution in [0.25, 0.3) is 0 Å². The second-order valence-electron chi connectivity index (χ2n) is 6.33. The first kappa shape index (κ1) is 13.3. The summed E-state index contributed by atoms with van der Waals surface area (Å²) in [5.41, 5.74) is 0. The van der Waals surface area contributed by atoms with E-state index in [1.54, 1.807) is 0 Å². The molecule has 0 radical (unpaired) electrons. The van der Waals surface area contributed by atoms with Gasteiger partial charge in [-0.05, 0) is 32.7 Å². The maximum absolute atomic E-state index is 4.60. The normalized spacial score (nSPS) is 31.7. The number of hydrogen-bond donors (Lipinski definition) is 1. The lowest BCUT2D eigenvalue weighted by Crippen LogP contribution is -2.52. The third-order valence-corrected chi connectivity index (χ3v) is 5.29. The highest BCUT2D eigenvalue weighted by atomic mass is 32.1. The second-order valence-corrected chi connectivity index (χ2v) is 7.08. The van der Waals surface area contributed by atoms with E-state index in [9.17, 15) is 0 Å². The van der Waals surface area contributed by atoms with Crippen molar-refractivity contribution in [3.63, 3.8) is 0 Å². The third-order valence-electron chi connectivity index (χ3n) is 4.63. The Morgan fingerprint density at radius 1 is 1.26 bits per heavy atom. The third kappa shape index (κ3) is 2.77. The van der Waals surface area contributed by atoms with Gasteiger partial charge in [0, 0.05) is 35.6 Å². The zero-order chi connectivity index (χ0) is 13.4. The van der Waals surface area contributed by atoms with Crippen molar-refractivity contribution in [2.75, 3.05) is 12.4 Å². The van der Waals surface area contributed by atoms with Crippen LogP contribution in [0.5, 0.6) is 0 Å². The fourth-order valence-electron chi connectivity index (χ4n) is 3.44. The van der Waals surface area contributed by atoms with Crippen LogP contribution < -0.4 is 5.32 Å². The number of aromatic nitrogens is 2. The Bertz CT molecular complexity index is 417. The Morgan fingerprint density at radius 2 is 1.95 bits per heavy atom. The van der Waals surface area contributed by atoms with E-state index in [1.165, 1.54) is 43.6 Å². The molecule has 5 heteroatoms. The smallest absolute Gasteiger partial charge is 0.202 e. The summed E-state index contributed by atoms with van der Waals surface area (Å²) in [5.74, 6) is 1.39. The van der Waals surface area contributed by atoms with Gasteiger partial charge in [-0.3, -0.25) is 0 Å². The fraction of sp³-hybridized carbons (Fsp3) is 0.857. The molecular weight excluding hydrogens is 256 g/mol.